The quantitative estimate of drug-likeness (QED) is 0.593. The van der Waals surface area contributed by atoms with Crippen molar-refractivity contribution in [3.05, 3.63) is 46.8 Å². The Balaban J connectivity index is 1.39. The second-order valence-corrected chi connectivity index (χ2v) is 9.43. The Hall–Kier alpha value is -2.43. The van der Waals surface area contributed by atoms with Gasteiger partial charge in [-0.25, -0.2) is 0 Å². The van der Waals surface area contributed by atoms with Crippen molar-refractivity contribution in [2.75, 3.05) is 0 Å². The first-order chi connectivity index (χ1) is 14.0. The lowest BCUT2D eigenvalue weighted by molar-refractivity contribution is 0.0955. The van der Waals surface area contributed by atoms with E-state index in [-0.39, 0.29) is 5.41 Å². The number of rotatable bonds is 2. The Morgan fingerprint density at radius 3 is 2.90 bits per heavy atom. The van der Waals surface area contributed by atoms with Crippen LogP contribution in [0.25, 0.3) is 0 Å². The zero-order chi connectivity index (χ0) is 20.2. The zero-order valence-electron chi connectivity index (χ0n) is 17.6. The van der Waals surface area contributed by atoms with Crippen LogP contribution in [0, 0.1) is 24.2 Å². The van der Waals surface area contributed by atoms with E-state index in [1.54, 1.807) is 0 Å². The molecule has 3 aliphatic rings. The van der Waals surface area contributed by atoms with Crippen LogP contribution in [-0.2, 0) is 13.5 Å². The summed E-state index contributed by atoms with van der Waals surface area (Å²) in [7, 11) is 1.93. The van der Waals surface area contributed by atoms with Gasteiger partial charge in [-0.15, -0.1) is 0 Å². The average Bonchev–Trinajstić information content (AvgIpc) is 3.19. The number of aryl methyl sites for hydroxylation is 3. The minimum absolute atomic E-state index is 0.177. The summed E-state index contributed by atoms with van der Waals surface area (Å²) in [6.45, 7) is 4.43. The minimum Gasteiger partial charge on any atom is -0.508 e. The standard InChI is InChI=1S/C24H30N4O/c1-15-17(14-28(3)27-15)13-25-26-23-9-8-22-21-6-4-16-12-18(29)5-7-19(16)20(21)10-11-24(22,23)2/h5,7,12-14,20-22,29H,4,6,8-11H2,1-3H3. The van der Waals surface area contributed by atoms with Crippen LogP contribution in [0.1, 0.15) is 67.3 Å². The van der Waals surface area contributed by atoms with Gasteiger partial charge in [-0.1, -0.05) is 13.0 Å². The van der Waals surface area contributed by atoms with Crippen LogP contribution in [0.15, 0.2) is 34.6 Å². The molecule has 4 atom stereocenters. The van der Waals surface area contributed by atoms with E-state index in [0.29, 0.717) is 17.6 Å². The van der Waals surface area contributed by atoms with Crippen molar-refractivity contribution in [1.82, 2.24) is 9.78 Å². The predicted molar refractivity (Wildman–Crippen MR) is 116 cm³/mol. The number of aromatic nitrogens is 2. The number of hydrogen-bond acceptors (Lipinski definition) is 4. The Bertz CT molecular complexity index is 1000. The smallest absolute Gasteiger partial charge is 0.115 e. The number of hydrogen-bond donors (Lipinski definition) is 1. The van der Waals surface area contributed by atoms with Gasteiger partial charge in [0.25, 0.3) is 0 Å². The van der Waals surface area contributed by atoms with E-state index in [4.69, 9.17) is 5.10 Å². The molecule has 1 heterocycles. The van der Waals surface area contributed by atoms with Crippen LogP contribution in [0.3, 0.4) is 0 Å². The van der Waals surface area contributed by atoms with Gasteiger partial charge in [0, 0.05) is 29.9 Å². The fraction of sp³-hybridized carbons (Fsp3) is 0.542. The van der Waals surface area contributed by atoms with Crippen molar-refractivity contribution in [3.63, 3.8) is 0 Å². The molecule has 0 radical (unpaired) electrons. The minimum atomic E-state index is 0.177. The Morgan fingerprint density at radius 1 is 1.24 bits per heavy atom. The maximum absolute atomic E-state index is 9.86. The molecular weight excluding hydrogens is 360 g/mol. The lowest BCUT2D eigenvalue weighted by Crippen LogP contribution is -2.42. The highest BCUT2D eigenvalue weighted by Crippen LogP contribution is 2.60. The summed E-state index contributed by atoms with van der Waals surface area (Å²) in [5.74, 6) is 2.46. The summed E-state index contributed by atoms with van der Waals surface area (Å²) in [6, 6.07) is 6.02. The summed E-state index contributed by atoms with van der Waals surface area (Å²) in [5.41, 5.74) is 6.33. The number of benzene rings is 1. The van der Waals surface area contributed by atoms with E-state index in [9.17, 15) is 5.11 Å². The highest BCUT2D eigenvalue weighted by atomic mass is 16.3. The molecule has 0 spiro atoms. The highest BCUT2D eigenvalue weighted by molar-refractivity contribution is 5.93. The first-order valence-corrected chi connectivity index (χ1v) is 10.9. The van der Waals surface area contributed by atoms with Gasteiger partial charge in [0.05, 0.1) is 11.9 Å². The maximum atomic E-state index is 9.86. The summed E-state index contributed by atoms with van der Waals surface area (Å²) in [5, 5.41) is 23.4. The second kappa shape index (κ2) is 6.82. The van der Waals surface area contributed by atoms with E-state index in [1.807, 2.05) is 43.2 Å². The lowest BCUT2D eigenvalue weighted by Gasteiger charge is -2.49. The normalized spacial score (nSPS) is 32.4. The third-order valence-electron chi connectivity index (χ3n) is 7.88. The molecule has 29 heavy (non-hydrogen) atoms. The SMILES string of the molecule is Cc1nn(C)cc1C=NN=C1CCC2C3CCc4cc(O)ccc4C3CCC12C. The van der Waals surface area contributed by atoms with Gasteiger partial charge in [-0.2, -0.15) is 15.3 Å². The number of fused-ring (bicyclic) bond motifs is 5. The molecule has 2 aromatic rings. The van der Waals surface area contributed by atoms with Crippen molar-refractivity contribution < 1.29 is 5.11 Å². The molecule has 152 valence electrons. The van der Waals surface area contributed by atoms with Crippen LogP contribution >= 0.6 is 0 Å². The molecule has 0 amide bonds. The van der Waals surface area contributed by atoms with Crippen LogP contribution < -0.4 is 0 Å². The Kier molecular flexibility index (Phi) is 4.37. The van der Waals surface area contributed by atoms with Crippen LogP contribution in [-0.4, -0.2) is 26.8 Å². The fourth-order valence-electron chi connectivity index (χ4n) is 6.43. The van der Waals surface area contributed by atoms with Crippen molar-refractivity contribution in [3.8, 4) is 5.75 Å². The summed E-state index contributed by atoms with van der Waals surface area (Å²) < 4.78 is 1.82. The van der Waals surface area contributed by atoms with Crippen LogP contribution in [0.2, 0.25) is 0 Å². The molecule has 3 aliphatic carbocycles. The molecule has 0 bridgehead atoms. The number of aromatic hydroxyl groups is 1. The number of phenols is 1. The fourth-order valence-corrected chi connectivity index (χ4v) is 6.43. The third kappa shape index (κ3) is 3.02. The van der Waals surface area contributed by atoms with Gasteiger partial charge >= 0.3 is 0 Å². The van der Waals surface area contributed by atoms with E-state index < -0.39 is 0 Å². The second-order valence-electron chi connectivity index (χ2n) is 9.43. The van der Waals surface area contributed by atoms with Gasteiger partial charge in [0.1, 0.15) is 5.75 Å². The van der Waals surface area contributed by atoms with E-state index >= 15 is 0 Å². The van der Waals surface area contributed by atoms with Gasteiger partial charge in [-0.05, 0) is 86.5 Å². The lowest BCUT2D eigenvalue weighted by atomic mass is 9.55. The number of nitrogens with zero attached hydrogens (tertiary/aromatic N) is 4. The number of phenolic OH excluding ortho intramolecular Hbond substituents is 1. The van der Waals surface area contributed by atoms with Gasteiger partial charge < -0.3 is 5.11 Å². The van der Waals surface area contributed by atoms with E-state index in [1.165, 1.54) is 42.5 Å². The third-order valence-corrected chi connectivity index (χ3v) is 7.88. The summed E-state index contributed by atoms with van der Waals surface area (Å²) >= 11 is 0. The summed E-state index contributed by atoms with van der Waals surface area (Å²) in [6.07, 6.45) is 10.8. The van der Waals surface area contributed by atoms with Crippen LogP contribution in [0.4, 0.5) is 0 Å². The average molecular weight is 391 g/mol. The molecule has 0 aliphatic heterocycles. The van der Waals surface area contributed by atoms with Gasteiger partial charge in [0.15, 0.2) is 0 Å². The van der Waals surface area contributed by atoms with E-state index in [2.05, 4.69) is 23.2 Å². The molecule has 1 aromatic carbocycles. The molecule has 2 saturated carbocycles. The van der Waals surface area contributed by atoms with Crippen molar-refractivity contribution in [2.24, 2.45) is 34.5 Å². The van der Waals surface area contributed by atoms with Crippen molar-refractivity contribution >= 4 is 11.9 Å². The zero-order valence-corrected chi connectivity index (χ0v) is 17.6. The molecule has 5 nitrogen and oxygen atoms in total. The monoisotopic (exact) mass is 390 g/mol. The van der Waals surface area contributed by atoms with Gasteiger partial charge in [0.2, 0.25) is 0 Å². The molecule has 1 aromatic heterocycles. The molecule has 4 unspecified atom stereocenters. The molecule has 0 saturated heterocycles. The molecule has 5 rings (SSSR count). The predicted octanol–water partition coefficient (Wildman–Crippen LogP) is 4.77. The molecule has 5 heteroatoms. The first kappa shape index (κ1) is 18.6. The topological polar surface area (TPSA) is 62.8 Å². The Morgan fingerprint density at radius 2 is 2.10 bits per heavy atom. The van der Waals surface area contributed by atoms with Crippen molar-refractivity contribution in [2.45, 2.75) is 58.3 Å². The van der Waals surface area contributed by atoms with Crippen molar-refractivity contribution in [1.29, 1.82) is 0 Å². The Labute approximate surface area is 172 Å². The largest absolute Gasteiger partial charge is 0.508 e. The highest BCUT2D eigenvalue weighted by Gasteiger charge is 2.53. The molecular formula is C24H30N4O. The van der Waals surface area contributed by atoms with Crippen LogP contribution in [0.5, 0.6) is 5.75 Å². The first-order valence-electron chi connectivity index (χ1n) is 10.9. The van der Waals surface area contributed by atoms with E-state index in [0.717, 1.165) is 30.0 Å². The van der Waals surface area contributed by atoms with Gasteiger partial charge in [-0.3, -0.25) is 4.68 Å². The summed E-state index contributed by atoms with van der Waals surface area (Å²) in [4.78, 5) is 0. The molecule has 2 fully saturated rings. The molecule has 1 N–H and O–H groups in total. The maximum Gasteiger partial charge on any atom is 0.115 e.